The van der Waals surface area contributed by atoms with Crippen molar-refractivity contribution in [2.45, 2.75) is 110 Å². The highest BCUT2D eigenvalue weighted by molar-refractivity contribution is 6.42. The standard InChI is InChI=1S/C32H34Cl3N5O2.C31H31Cl3N4O3.CH4/c1-18(2)39-17-21-13-22(39)16-38(21)15-19-9-24(23-7-5-6-8-26(23)33)25-14-36-32(42)40(29(25)10-19)30-27(34)11-20(12-28(30)35)31(41)37(3)4;1-17(2)37-16-20-12-21(37)15-36(20)14-18-8-23(22-6-4-5-7-25(22)32)24-13-35-31(40)38(28(24)9-18)29-26(33)10-19(11-27(29)34)30(39)41-3;/h5-12,18,21-22H,13-17H2,1-4H3,(H,36,42);4-11,17,20-21H,12-16H2,1-3H3,(H,35,40);1H4. The van der Waals surface area contributed by atoms with Gasteiger partial charge in [-0.15, -0.1) is 0 Å². The number of rotatable bonds is 12. The number of benzene rings is 6. The van der Waals surface area contributed by atoms with Gasteiger partial charge in [0.2, 0.25) is 0 Å². The number of ether oxygens (including phenoxy) is 1. The molecule has 0 aromatic heterocycles. The average Bonchev–Trinajstić information content (AvgIpc) is 1.22. The van der Waals surface area contributed by atoms with Crippen LogP contribution < -0.4 is 20.4 Å². The van der Waals surface area contributed by atoms with Gasteiger partial charge in [0.25, 0.3) is 5.91 Å². The third kappa shape index (κ3) is 11.7. The number of likely N-dealkylation sites (tertiary alicyclic amines) is 4. The SMILES string of the molecule is C.CC(C)N1CC2CC1CN2Cc1cc(-c2ccccc2Cl)c2c(c1)N(c1c(Cl)cc(C(=O)N(C)C)cc1Cl)C(=O)NC2.COC(=O)c1cc(Cl)c(N2C(=O)NCc3c(-c4ccccc4Cl)cc(CN4CC5CC4CN5C(C)C)cc32)c(Cl)c1. The maximum Gasteiger partial charge on any atom is 0.337 e. The molecule has 0 saturated carbocycles. The van der Waals surface area contributed by atoms with Crippen LogP contribution in [-0.4, -0.2) is 132 Å². The molecule has 4 atom stereocenters. The van der Waals surface area contributed by atoms with Gasteiger partial charge in [0.1, 0.15) is 0 Å². The molecule has 2 N–H and O–H groups in total. The van der Waals surface area contributed by atoms with E-state index >= 15 is 0 Å². The number of fused-ring (bicyclic) bond motifs is 6. The first kappa shape index (κ1) is 61.5. The molecule has 4 fully saturated rings. The lowest BCUT2D eigenvalue weighted by atomic mass is 9.93. The summed E-state index contributed by atoms with van der Waals surface area (Å²) in [7, 11) is 4.62. The maximum absolute atomic E-state index is 13.5. The van der Waals surface area contributed by atoms with Crippen LogP contribution in [0.3, 0.4) is 0 Å². The summed E-state index contributed by atoms with van der Waals surface area (Å²) in [6, 6.07) is 32.6. The van der Waals surface area contributed by atoms with Crippen LogP contribution in [0.25, 0.3) is 22.3 Å². The van der Waals surface area contributed by atoms with Crippen LogP contribution in [0.2, 0.25) is 30.1 Å². The first-order valence-corrected chi connectivity index (χ1v) is 30.2. The van der Waals surface area contributed by atoms with Crippen molar-refractivity contribution in [3.8, 4) is 22.3 Å². The molecule has 0 radical (unpaired) electrons. The molecule has 4 unspecified atom stereocenters. The summed E-state index contributed by atoms with van der Waals surface area (Å²) in [6.07, 6.45) is 2.35. The van der Waals surface area contributed by atoms with Gasteiger partial charge < -0.3 is 20.3 Å². The molecular weight excluding hydrogens is 1190 g/mol. The van der Waals surface area contributed by atoms with E-state index < -0.39 is 5.97 Å². The molecule has 6 aliphatic heterocycles. The number of esters is 1. The van der Waals surface area contributed by atoms with Gasteiger partial charge in [-0.2, -0.15) is 0 Å². The summed E-state index contributed by atoms with van der Waals surface area (Å²) < 4.78 is 4.84. The number of hydrogen-bond donors (Lipinski definition) is 2. The van der Waals surface area contributed by atoms with Gasteiger partial charge in [-0.05, 0) is 123 Å². The Morgan fingerprint density at radius 1 is 0.548 bits per heavy atom. The predicted molar refractivity (Wildman–Crippen MR) is 340 cm³/mol. The zero-order valence-electron chi connectivity index (χ0n) is 47.2. The lowest BCUT2D eigenvalue weighted by molar-refractivity contribution is 0.0600. The highest BCUT2D eigenvalue weighted by Gasteiger charge is 2.46. The fraction of sp³-hybridized carbons (Fsp3) is 0.375. The maximum atomic E-state index is 13.5. The van der Waals surface area contributed by atoms with E-state index in [0.29, 0.717) is 87.7 Å². The number of amides is 5. The van der Waals surface area contributed by atoms with Gasteiger partial charge >= 0.3 is 18.0 Å². The molecule has 0 spiro atoms. The van der Waals surface area contributed by atoms with E-state index in [1.165, 1.54) is 46.8 Å². The number of hydrogen-bond acceptors (Lipinski definition) is 9. The van der Waals surface area contributed by atoms with Gasteiger partial charge in [0, 0.05) is 141 Å². The van der Waals surface area contributed by atoms with Crippen molar-refractivity contribution in [2.75, 3.05) is 57.2 Å². The average molecular weight is 1260 g/mol. The second-order valence-electron chi connectivity index (χ2n) is 23.0. The first-order valence-electron chi connectivity index (χ1n) is 27.9. The summed E-state index contributed by atoms with van der Waals surface area (Å²) in [6.45, 7) is 15.4. The zero-order chi connectivity index (χ0) is 58.9. The van der Waals surface area contributed by atoms with Gasteiger partial charge in [0.15, 0.2) is 0 Å². The molecule has 20 heteroatoms. The van der Waals surface area contributed by atoms with E-state index in [1.54, 1.807) is 26.2 Å². The molecule has 6 aromatic rings. The van der Waals surface area contributed by atoms with Crippen LogP contribution in [-0.2, 0) is 30.9 Å². The smallest absolute Gasteiger partial charge is 0.337 e. The quantitative estimate of drug-likeness (QED) is 0.115. The molecular formula is C64H69Cl6N9O5. The van der Waals surface area contributed by atoms with Crippen molar-refractivity contribution >= 4 is 116 Å². The van der Waals surface area contributed by atoms with Gasteiger partial charge in [-0.25, -0.2) is 14.4 Å². The third-order valence-corrected chi connectivity index (χ3v) is 18.9. The van der Waals surface area contributed by atoms with Crippen LogP contribution >= 0.6 is 69.6 Å². The number of urea groups is 2. The van der Waals surface area contributed by atoms with Crippen molar-refractivity contribution < 1.29 is 23.9 Å². The van der Waals surface area contributed by atoms with Crippen molar-refractivity contribution in [1.82, 2.24) is 35.1 Å². The second kappa shape index (κ2) is 25.0. The molecule has 0 aliphatic carbocycles. The van der Waals surface area contributed by atoms with Crippen LogP contribution in [0.1, 0.15) is 90.9 Å². The number of anilines is 4. The number of piperazine rings is 2. The van der Waals surface area contributed by atoms with Crippen LogP contribution in [0.4, 0.5) is 32.3 Å². The van der Waals surface area contributed by atoms with Gasteiger partial charge in [0.05, 0.1) is 55.5 Å². The predicted octanol–water partition coefficient (Wildman–Crippen LogP) is 14.8. The topological polar surface area (TPSA) is 124 Å². The van der Waals surface area contributed by atoms with E-state index in [9.17, 15) is 19.2 Å². The van der Waals surface area contributed by atoms with Crippen LogP contribution in [0.5, 0.6) is 0 Å². The Labute approximate surface area is 522 Å². The molecule has 5 amide bonds. The minimum atomic E-state index is -0.567. The van der Waals surface area contributed by atoms with Crippen molar-refractivity contribution in [1.29, 1.82) is 0 Å². The summed E-state index contributed by atoms with van der Waals surface area (Å²) in [4.78, 5) is 66.6. The number of methoxy groups -OCH3 is 1. The summed E-state index contributed by atoms with van der Waals surface area (Å²) >= 11 is 40.4. The normalized spacial score (nSPS) is 20.1. The van der Waals surface area contributed by atoms with E-state index in [1.807, 2.05) is 48.5 Å². The highest BCUT2D eigenvalue weighted by Crippen LogP contribution is 2.48. The third-order valence-electron chi connectivity index (χ3n) is 17.1. The summed E-state index contributed by atoms with van der Waals surface area (Å²) in [5, 5.41) is 7.98. The Morgan fingerprint density at radius 3 is 1.29 bits per heavy atom. The molecule has 12 rings (SSSR count). The Bertz CT molecular complexity index is 3540. The molecule has 14 nitrogen and oxygen atoms in total. The van der Waals surface area contributed by atoms with Gasteiger partial charge in [-0.3, -0.25) is 34.2 Å². The molecule has 6 heterocycles. The fourth-order valence-electron chi connectivity index (χ4n) is 13.2. The van der Waals surface area contributed by atoms with Crippen LogP contribution in [0, 0.1) is 0 Å². The number of carbonyl (C=O) groups is 4. The highest BCUT2D eigenvalue weighted by atomic mass is 35.5. The Balaban J connectivity index is 0.000000185. The Hall–Kier alpha value is -5.62. The molecule has 84 heavy (non-hydrogen) atoms. The van der Waals surface area contributed by atoms with E-state index in [2.05, 4.69) is 82.2 Å². The first-order chi connectivity index (χ1) is 39.7. The number of carbonyl (C=O) groups excluding carboxylic acids is 4. The number of nitrogens with zero attached hydrogens (tertiary/aromatic N) is 7. The molecule has 6 aromatic carbocycles. The fourth-order valence-corrected chi connectivity index (χ4v) is 15.0. The summed E-state index contributed by atoms with van der Waals surface area (Å²) in [5.74, 6) is -0.795. The number of halogens is 6. The Kier molecular flexibility index (Phi) is 18.3. The largest absolute Gasteiger partial charge is 0.465 e. The van der Waals surface area contributed by atoms with E-state index in [-0.39, 0.29) is 51.1 Å². The minimum Gasteiger partial charge on any atom is -0.465 e. The summed E-state index contributed by atoms with van der Waals surface area (Å²) in [5.41, 5.74) is 10.2. The number of nitrogens with one attached hydrogen (secondary N) is 2. The van der Waals surface area contributed by atoms with Crippen LogP contribution in [0.15, 0.2) is 97.1 Å². The second-order valence-corrected chi connectivity index (χ2v) is 25.5. The molecule has 4 bridgehead atoms. The molecule has 442 valence electrons. The lowest BCUT2D eigenvalue weighted by Crippen LogP contribution is -2.48. The zero-order valence-corrected chi connectivity index (χ0v) is 51.7. The van der Waals surface area contributed by atoms with Crippen molar-refractivity contribution in [3.63, 3.8) is 0 Å². The minimum absolute atomic E-state index is 0. The van der Waals surface area contributed by atoms with E-state index in [0.717, 1.165) is 83.8 Å². The van der Waals surface area contributed by atoms with Crippen molar-refractivity contribution in [2.24, 2.45) is 0 Å². The molecule has 6 aliphatic rings. The lowest BCUT2D eigenvalue weighted by Gasteiger charge is -2.37. The van der Waals surface area contributed by atoms with Gasteiger partial charge in [-0.1, -0.05) is 113 Å². The molecule has 4 saturated heterocycles. The van der Waals surface area contributed by atoms with Crippen molar-refractivity contribution in [3.05, 3.63) is 161 Å². The monoisotopic (exact) mass is 1250 g/mol. The van der Waals surface area contributed by atoms with E-state index in [4.69, 9.17) is 74.3 Å². The Morgan fingerprint density at radius 2 is 0.940 bits per heavy atom.